The second kappa shape index (κ2) is 9.30. The van der Waals surface area contributed by atoms with Crippen molar-refractivity contribution in [1.82, 2.24) is 0 Å². The number of carbonyl (C=O) groups is 1. The number of aryl methyl sites for hydroxylation is 1. The fourth-order valence-corrected chi connectivity index (χ4v) is 3.23. The summed E-state index contributed by atoms with van der Waals surface area (Å²) in [5, 5.41) is 3.98. The minimum absolute atomic E-state index is 0.407. The highest BCUT2D eigenvalue weighted by Crippen LogP contribution is 2.31. The van der Waals surface area contributed by atoms with Crippen molar-refractivity contribution in [1.29, 1.82) is 0 Å². The van der Waals surface area contributed by atoms with Crippen LogP contribution in [0.2, 0.25) is 0 Å². The van der Waals surface area contributed by atoms with Crippen LogP contribution in [0.4, 0.5) is 0 Å². The Labute approximate surface area is 181 Å². The lowest BCUT2D eigenvalue weighted by Crippen LogP contribution is -2.07. The number of hydrogen-bond acceptors (Lipinski definition) is 5. The van der Waals surface area contributed by atoms with Gasteiger partial charge < -0.3 is 14.3 Å². The minimum Gasteiger partial charge on any atom is -0.490 e. The van der Waals surface area contributed by atoms with Gasteiger partial charge in [0.1, 0.15) is 12.3 Å². The van der Waals surface area contributed by atoms with E-state index in [1.54, 1.807) is 6.08 Å². The highest BCUT2D eigenvalue weighted by atomic mass is 16.7. The Hall–Kier alpha value is -3.86. The lowest BCUT2D eigenvalue weighted by molar-refractivity contribution is -0.136. The van der Waals surface area contributed by atoms with E-state index in [9.17, 15) is 4.79 Å². The summed E-state index contributed by atoms with van der Waals surface area (Å²) in [5.41, 5.74) is 4.76. The first-order chi connectivity index (χ1) is 15.1. The Morgan fingerprint density at radius 1 is 0.935 bits per heavy atom. The molecule has 3 aromatic rings. The third-order valence-corrected chi connectivity index (χ3v) is 4.84. The molecular weight excluding hydrogens is 390 g/mol. The van der Waals surface area contributed by atoms with Gasteiger partial charge in [-0.2, -0.15) is 0 Å². The van der Waals surface area contributed by atoms with Crippen molar-refractivity contribution in [2.75, 3.05) is 6.61 Å². The fourth-order valence-electron chi connectivity index (χ4n) is 3.23. The first-order valence-corrected chi connectivity index (χ1v) is 10.2. The molecule has 0 aliphatic carbocycles. The van der Waals surface area contributed by atoms with E-state index in [1.165, 1.54) is 0 Å². The summed E-state index contributed by atoms with van der Waals surface area (Å²) in [7, 11) is 0. The number of ether oxygens (including phenoxy) is 2. The van der Waals surface area contributed by atoms with Gasteiger partial charge in [0.25, 0.3) is 0 Å². The molecule has 1 aliphatic rings. The van der Waals surface area contributed by atoms with E-state index < -0.39 is 5.97 Å². The predicted molar refractivity (Wildman–Crippen MR) is 120 cm³/mol. The highest BCUT2D eigenvalue weighted by molar-refractivity contribution is 6.31. The number of nitrogens with zero attached hydrogens (tertiary/aromatic N) is 1. The van der Waals surface area contributed by atoms with Crippen molar-refractivity contribution in [3.8, 4) is 11.5 Å². The lowest BCUT2D eigenvalue weighted by Gasteiger charge is -2.13. The average molecular weight is 413 g/mol. The molecule has 5 nitrogen and oxygen atoms in total. The normalized spacial score (nSPS) is 14.3. The van der Waals surface area contributed by atoms with Crippen LogP contribution >= 0.6 is 0 Å². The average Bonchev–Trinajstić information content (AvgIpc) is 3.15. The largest absolute Gasteiger partial charge is 0.490 e. The fraction of sp³-hybridized carbons (Fsp3) is 0.154. The summed E-state index contributed by atoms with van der Waals surface area (Å²) < 4.78 is 11.7. The molecule has 0 unspecified atom stereocenters. The molecule has 156 valence electrons. The SMILES string of the molecule is CCOc1cc(/C=C2/C(=O)ON=C2c2ccc(C)cc2)ccc1OCc1ccccc1. The van der Waals surface area contributed by atoms with Crippen LogP contribution in [-0.4, -0.2) is 18.3 Å². The van der Waals surface area contributed by atoms with Crippen molar-refractivity contribution in [2.24, 2.45) is 5.16 Å². The summed E-state index contributed by atoms with van der Waals surface area (Å²) in [6.45, 7) is 4.87. The molecule has 0 saturated carbocycles. The van der Waals surface area contributed by atoms with Gasteiger partial charge in [0, 0.05) is 5.56 Å². The Balaban J connectivity index is 1.60. The van der Waals surface area contributed by atoms with Crippen molar-refractivity contribution in [2.45, 2.75) is 20.5 Å². The molecule has 31 heavy (non-hydrogen) atoms. The molecular formula is C26H23NO4. The van der Waals surface area contributed by atoms with Crippen LogP contribution in [0.1, 0.15) is 29.2 Å². The molecule has 0 amide bonds. The quantitative estimate of drug-likeness (QED) is 0.389. The van der Waals surface area contributed by atoms with Crippen LogP contribution < -0.4 is 9.47 Å². The Bertz CT molecular complexity index is 1130. The van der Waals surface area contributed by atoms with Crippen LogP contribution in [0.3, 0.4) is 0 Å². The van der Waals surface area contributed by atoms with Gasteiger partial charge in [-0.25, -0.2) is 4.79 Å². The van der Waals surface area contributed by atoms with Gasteiger partial charge in [0.2, 0.25) is 0 Å². The summed E-state index contributed by atoms with van der Waals surface area (Å²) in [4.78, 5) is 17.3. The Kier molecular flexibility index (Phi) is 6.13. The molecule has 0 spiro atoms. The summed E-state index contributed by atoms with van der Waals surface area (Å²) in [6, 6.07) is 23.3. The maximum Gasteiger partial charge on any atom is 0.368 e. The Morgan fingerprint density at radius 3 is 2.45 bits per heavy atom. The zero-order chi connectivity index (χ0) is 21.6. The zero-order valence-corrected chi connectivity index (χ0v) is 17.5. The number of hydrogen-bond donors (Lipinski definition) is 0. The maximum absolute atomic E-state index is 12.3. The number of benzene rings is 3. The van der Waals surface area contributed by atoms with Crippen LogP contribution in [0.5, 0.6) is 11.5 Å². The Morgan fingerprint density at radius 2 is 1.71 bits per heavy atom. The topological polar surface area (TPSA) is 57.1 Å². The third-order valence-electron chi connectivity index (χ3n) is 4.84. The van der Waals surface area contributed by atoms with E-state index in [4.69, 9.17) is 14.3 Å². The number of carbonyl (C=O) groups excluding carboxylic acids is 1. The maximum atomic E-state index is 12.3. The minimum atomic E-state index is -0.474. The molecule has 4 rings (SSSR count). The first-order valence-electron chi connectivity index (χ1n) is 10.2. The van der Waals surface area contributed by atoms with Crippen molar-refractivity contribution >= 4 is 17.8 Å². The molecule has 3 aromatic carbocycles. The van der Waals surface area contributed by atoms with E-state index in [1.807, 2.05) is 86.6 Å². The van der Waals surface area contributed by atoms with Crippen molar-refractivity contribution in [3.63, 3.8) is 0 Å². The summed E-state index contributed by atoms with van der Waals surface area (Å²) >= 11 is 0. The number of rotatable bonds is 7. The van der Waals surface area contributed by atoms with E-state index in [-0.39, 0.29) is 0 Å². The molecule has 0 N–H and O–H groups in total. The molecule has 0 aromatic heterocycles. The smallest absolute Gasteiger partial charge is 0.368 e. The van der Waals surface area contributed by atoms with Crippen LogP contribution in [0.25, 0.3) is 6.08 Å². The van der Waals surface area contributed by atoms with Crippen molar-refractivity contribution < 1.29 is 19.1 Å². The molecule has 0 saturated heterocycles. The molecule has 5 heteroatoms. The molecule has 0 radical (unpaired) electrons. The monoisotopic (exact) mass is 413 g/mol. The van der Waals surface area contributed by atoms with E-state index in [0.29, 0.717) is 36.0 Å². The second-order valence-corrected chi connectivity index (χ2v) is 7.16. The third kappa shape index (κ3) is 4.83. The van der Waals surface area contributed by atoms with Gasteiger partial charge in [0.15, 0.2) is 11.5 Å². The number of oxime groups is 1. The molecule has 0 bridgehead atoms. The molecule has 1 aliphatic heterocycles. The molecule has 0 atom stereocenters. The van der Waals surface area contributed by atoms with Gasteiger partial charge in [-0.3, -0.25) is 0 Å². The van der Waals surface area contributed by atoms with Crippen molar-refractivity contribution in [3.05, 3.63) is 101 Å². The zero-order valence-electron chi connectivity index (χ0n) is 17.5. The van der Waals surface area contributed by atoms with Gasteiger partial charge >= 0.3 is 5.97 Å². The summed E-state index contributed by atoms with van der Waals surface area (Å²) in [6.07, 6.45) is 1.76. The highest BCUT2D eigenvalue weighted by Gasteiger charge is 2.26. The van der Waals surface area contributed by atoms with E-state index in [0.717, 1.165) is 22.3 Å². The predicted octanol–water partition coefficient (Wildman–Crippen LogP) is 5.32. The van der Waals surface area contributed by atoms with Gasteiger partial charge in [-0.05, 0) is 43.2 Å². The van der Waals surface area contributed by atoms with E-state index >= 15 is 0 Å². The van der Waals surface area contributed by atoms with Gasteiger partial charge in [-0.1, -0.05) is 71.4 Å². The van der Waals surface area contributed by atoms with Crippen LogP contribution in [0.15, 0.2) is 83.5 Å². The standard InChI is InChI=1S/C26H23NO4/c1-3-29-24-16-20(11-14-23(24)30-17-19-7-5-4-6-8-19)15-22-25(27-31-26(22)28)21-12-9-18(2)10-13-21/h4-16H,3,17H2,1-2H3/b22-15+. The molecule has 1 heterocycles. The first kappa shape index (κ1) is 20.4. The molecule has 0 fully saturated rings. The summed E-state index contributed by atoms with van der Waals surface area (Å²) in [5.74, 6) is 0.792. The van der Waals surface area contributed by atoms with Crippen LogP contribution in [-0.2, 0) is 16.2 Å². The van der Waals surface area contributed by atoms with E-state index in [2.05, 4.69) is 5.16 Å². The van der Waals surface area contributed by atoms with Crippen LogP contribution in [0, 0.1) is 6.92 Å². The van der Waals surface area contributed by atoms with Gasteiger partial charge in [0.05, 0.1) is 12.2 Å². The van der Waals surface area contributed by atoms with Gasteiger partial charge in [-0.15, -0.1) is 0 Å². The lowest BCUT2D eigenvalue weighted by atomic mass is 9.99. The second-order valence-electron chi connectivity index (χ2n) is 7.16.